The van der Waals surface area contributed by atoms with Gasteiger partial charge in [-0.3, -0.25) is 14.7 Å². The molecule has 0 fully saturated rings. The summed E-state index contributed by atoms with van der Waals surface area (Å²) in [5.41, 5.74) is 2.77. The maximum absolute atomic E-state index is 13.0. The topological polar surface area (TPSA) is 59.8 Å². The van der Waals surface area contributed by atoms with Gasteiger partial charge in [0.25, 0.3) is 0 Å². The molecule has 0 radical (unpaired) electrons. The molecule has 0 spiro atoms. The lowest BCUT2D eigenvalue weighted by Crippen LogP contribution is -2.18. The number of carbonyl (C=O) groups excluding carboxylic acids is 1. The SMILES string of the molecule is O=C(Cc1ccc(F)cc1)Nc1nc2ccc(Cl)nc2n1C1=CC=C1. The highest BCUT2D eigenvalue weighted by atomic mass is 35.5. The molecular weight excluding hydrogens is 343 g/mol. The molecule has 0 bridgehead atoms. The van der Waals surface area contributed by atoms with Crippen molar-refractivity contribution in [2.45, 2.75) is 6.42 Å². The fourth-order valence-corrected chi connectivity index (χ4v) is 2.69. The second kappa shape index (κ2) is 6.14. The fraction of sp³-hybridized carbons (Fsp3) is 0.0556. The minimum Gasteiger partial charge on any atom is -0.295 e. The van der Waals surface area contributed by atoms with E-state index in [-0.39, 0.29) is 18.1 Å². The molecule has 4 rings (SSSR count). The number of benzene rings is 1. The molecule has 0 saturated heterocycles. The first kappa shape index (κ1) is 15.5. The minimum absolute atomic E-state index is 0.118. The number of amides is 1. The van der Waals surface area contributed by atoms with Crippen LogP contribution in [-0.4, -0.2) is 20.4 Å². The van der Waals surface area contributed by atoms with Crippen molar-refractivity contribution in [3.8, 4) is 0 Å². The molecule has 7 heteroatoms. The standard InChI is InChI=1S/C18H12ClFN4O/c19-15-9-8-14-17(22-15)24(13-2-1-3-13)18(21-14)23-16(25)10-11-4-6-12(20)7-5-11/h1-9H,10H2,(H,21,23,25). The predicted molar refractivity (Wildman–Crippen MR) is 94.7 cm³/mol. The highest BCUT2D eigenvalue weighted by Crippen LogP contribution is 2.27. The number of nitrogens with one attached hydrogen (secondary N) is 1. The molecule has 124 valence electrons. The smallest absolute Gasteiger partial charge is 0.231 e. The molecule has 1 N–H and O–H groups in total. The highest BCUT2D eigenvalue weighted by molar-refractivity contribution is 6.29. The Morgan fingerprint density at radius 1 is 1.16 bits per heavy atom. The van der Waals surface area contributed by atoms with Gasteiger partial charge in [-0.15, -0.1) is 0 Å². The van der Waals surface area contributed by atoms with Gasteiger partial charge in [0.05, 0.1) is 12.1 Å². The Labute approximate surface area is 147 Å². The summed E-state index contributed by atoms with van der Waals surface area (Å²) >= 11 is 5.98. The number of imidazole rings is 1. The number of halogens is 2. The Morgan fingerprint density at radius 2 is 1.92 bits per heavy atom. The van der Waals surface area contributed by atoms with E-state index in [1.165, 1.54) is 12.1 Å². The lowest BCUT2D eigenvalue weighted by molar-refractivity contribution is -0.115. The lowest BCUT2D eigenvalue weighted by atomic mass is 10.1. The minimum atomic E-state index is -0.336. The van der Waals surface area contributed by atoms with E-state index in [1.54, 1.807) is 28.8 Å². The van der Waals surface area contributed by atoms with Crippen LogP contribution in [0.2, 0.25) is 5.15 Å². The van der Waals surface area contributed by atoms with Crippen molar-refractivity contribution >= 4 is 40.3 Å². The molecule has 1 aliphatic carbocycles. The van der Waals surface area contributed by atoms with Gasteiger partial charge in [-0.05, 0) is 42.0 Å². The first-order valence-corrected chi connectivity index (χ1v) is 7.96. The molecular formula is C18H12ClFN4O. The molecule has 5 nitrogen and oxygen atoms in total. The fourth-order valence-electron chi connectivity index (χ4n) is 2.55. The average molecular weight is 355 g/mol. The second-order valence-corrected chi connectivity index (χ2v) is 5.94. The first-order valence-electron chi connectivity index (χ1n) is 7.58. The maximum Gasteiger partial charge on any atom is 0.231 e. The zero-order chi connectivity index (χ0) is 17.4. The van der Waals surface area contributed by atoms with Gasteiger partial charge in [-0.25, -0.2) is 14.4 Å². The number of carbonyl (C=O) groups is 1. The Kier molecular flexibility index (Phi) is 3.82. The van der Waals surface area contributed by atoms with E-state index in [0.717, 1.165) is 5.70 Å². The Hall–Kier alpha value is -2.99. The van der Waals surface area contributed by atoms with Crippen LogP contribution in [0, 0.1) is 5.82 Å². The van der Waals surface area contributed by atoms with E-state index in [2.05, 4.69) is 15.3 Å². The van der Waals surface area contributed by atoms with E-state index in [9.17, 15) is 9.18 Å². The van der Waals surface area contributed by atoms with E-state index in [1.807, 2.05) is 18.2 Å². The molecule has 25 heavy (non-hydrogen) atoms. The number of nitrogens with zero attached hydrogens (tertiary/aromatic N) is 3. The third-order valence-electron chi connectivity index (χ3n) is 3.79. The Morgan fingerprint density at radius 3 is 2.60 bits per heavy atom. The van der Waals surface area contributed by atoms with Crippen LogP contribution in [0.5, 0.6) is 0 Å². The average Bonchev–Trinajstić information content (AvgIpc) is 2.86. The second-order valence-electron chi connectivity index (χ2n) is 5.55. The largest absolute Gasteiger partial charge is 0.295 e. The number of fused-ring (bicyclic) bond motifs is 1. The summed E-state index contributed by atoms with van der Waals surface area (Å²) in [4.78, 5) is 21.1. The molecule has 0 atom stereocenters. The number of aromatic nitrogens is 3. The highest BCUT2D eigenvalue weighted by Gasteiger charge is 2.18. The summed E-state index contributed by atoms with van der Waals surface area (Å²) in [6, 6.07) is 9.21. The van der Waals surface area contributed by atoms with E-state index < -0.39 is 0 Å². The van der Waals surface area contributed by atoms with Crippen LogP contribution < -0.4 is 5.32 Å². The summed E-state index contributed by atoms with van der Waals surface area (Å²) in [7, 11) is 0. The van der Waals surface area contributed by atoms with E-state index in [4.69, 9.17) is 11.6 Å². The van der Waals surface area contributed by atoms with Crippen LogP contribution in [0.1, 0.15) is 5.56 Å². The third kappa shape index (κ3) is 3.04. The van der Waals surface area contributed by atoms with Gasteiger partial charge in [0.1, 0.15) is 16.5 Å². The van der Waals surface area contributed by atoms with Crippen molar-refractivity contribution in [2.24, 2.45) is 0 Å². The molecule has 0 aliphatic heterocycles. The van der Waals surface area contributed by atoms with Crippen LogP contribution in [0.3, 0.4) is 0 Å². The zero-order valence-corrected chi connectivity index (χ0v) is 13.7. The van der Waals surface area contributed by atoms with Crippen molar-refractivity contribution in [2.75, 3.05) is 5.32 Å². The Bertz CT molecular complexity index is 1040. The first-order chi connectivity index (χ1) is 12.1. The summed E-state index contributed by atoms with van der Waals surface area (Å²) in [6.07, 6.45) is 5.78. The van der Waals surface area contributed by atoms with Gasteiger partial charge in [0, 0.05) is 0 Å². The number of hydrogen-bond acceptors (Lipinski definition) is 3. The quantitative estimate of drug-likeness (QED) is 0.725. The summed E-state index contributed by atoms with van der Waals surface area (Å²) < 4.78 is 14.7. The molecule has 1 aliphatic rings. The van der Waals surface area contributed by atoms with Crippen LogP contribution in [-0.2, 0) is 11.2 Å². The molecule has 2 heterocycles. The molecule has 1 aromatic carbocycles. The van der Waals surface area contributed by atoms with Gasteiger partial charge in [-0.1, -0.05) is 29.8 Å². The monoisotopic (exact) mass is 354 g/mol. The van der Waals surface area contributed by atoms with Gasteiger partial charge >= 0.3 is 0 Å². The van der Waals surface area contributed by atoms with Gasteiger partial charge in [-0.2, -0.15) is 0 Å². The van der Waals surface area contributed by atoms with Crippen molar-refractivity contribution in [3.05, 3.63) is 71.2 Å². The number of rotatable bonds is 4. The van der Waals surface area contributed by atoms with Crippen LogP contribution >= 0.6 is 11.6 Å². The lowest BCUT2D eigenvalue weighted by Gasteiger charge is -2.13. The molecule has 3 aromatic rings. The van der Waals surface area contributed by atoms with Crippen molar-refractivity contribution in [1.29, 1.82) is 0 Å². The molecule has 0 saturated carbocycles. The number of pyridine rings is 1. The number of hydrogen-bond donors (Lipinski definition) is 1. The normalized spacial score (nSPS) is 12.8. The van der Waals surface area contributed by atoms with E-state index in [0.29, 0.717) is 27.8 Å². The maximum atomic E-state index is 13.0. The Balaban J connectivity index is 1.64. The molecule has 2 aromatic heterocycles. The van der Waals surface area contributed by atoms with Crippen LogP contribution in [0.25, 0.3) is 16.9 Å². The van der Waals surface area contributed by atoms with Gasteiger partial charge in [0.15, 0.2) is 5.65 Å². The van der Waals surface area contributed by atoms with Crippen LogP contribution in [0.4, 0.5) is 10.3 Å². The number of anilines is 1. The summed E-state index contributed by atoms with van der Waals surface area (Å²) in [6.45, 7) is 0. The third-order valence-corrected chi connectivity index (χ3v) is 4.00. The molecule has 0 unspecified atom stereocenters. The van der Waals surface area contributed by atoms with Crippen LogP contribution in [0.15, 0.2) is 54.6 Å². The van der Waals surface area contributed by atoms with Crippen molar-refractivity contribution in [1.82, 2.24) is 14.5 Å². The summed E-state index contributed by atoms with van der Waals surface area (Å²) in [5.74, 6) is -0.219. The predicted octanol–water partition coefficient (Wildman–Crippen LogP) is 3.82. The van der Waals surface area contributed by atoms with Crippen molar-refractivity contribution < 1.29 is 9.18 Å². The number of allylic oxidation sites excluding steroid dienone is 4. The van der Waals surface area contributed by atoms with Crippen molar-refractivity contribution in [3.63, 3.8) is 0 Å². The van der Waals surface area contributed by atoms with Gasteiger partial charge in [0.2, 0.25) is 11.9 Å². The van der Waals surface area contributed by atoms with Gasteiger partial charge < -0.3 is 0 Å². The summed E-state index contributed by atoms with van der Waals surface area (Å²) in [5, 5.41) is 3.14. The zero-order valence-electron chi connectivity index (χ0n) is 12.9. The van der Waals surface area contributed by atoms with E-state index >= 15 is 0 Å². The molecule has 1 amide bonds.